The van der Waals surface area contributed by atoms with Crippen molar-refractivity contribution in [3.63, 3.8) is 0 Å². The number of nitrogens with zero attached hydrogens (tertiary/aromatic N) is 2. The van der Waals surface area contributed by atoms with Gasteiger partial charge in [-0.25, -0.2) is 13.6 Å². The Morgan fingerprint density at radius 3 is 2.53 bits per heavy atom. The molecule has 1 aliphatic heterocycles. The van der Waals surface area contributed by atoms with Gasteiger partial charge in [0, 0.05) is 25.2 Å². The van der Waals surface area contributed by atoms with Gasteiger partial charge in [0.1, 0.15) is 17.3 Å². The molecule has 7 nitrogen and oxygen atoms in total. The molecule has 1 aromatic carbocycles. The number of amides is 1. The fraction of sp³-hybridized carbons (Fsp3) is 0.455. The van der Waals surface area contributed by atoms with Crippen LogP contribution in [0.15, 0.2) is 30.3 Å². The molecule has 1 fully saturated rings. The van der Waals surface area contributed by atoms with Crippen molar-refractivity contribution in [1.82, 2.24) is 10.3 Å². The minimum Gasteiger partial charge on any atom is -0.356 e. The lowest BCUT2D eigenvalue weighted by molar-refractivity contribution is -0.141. The van der Waals surface area contributed by atoms with Gasteiger partial charge < -0.3 is 10.2 Å². The Labute approximate surface area is 197 Å². The number of hydrogen-bond donors (Lipinski definition) is 3. The molecule has 0 bridgehead atoms. The van der Waals surface area contributed by atoms with Crippen molar-refractivity contribution < 1.29 is 31.1 Å². The molecule has 2 atom stereocenters. The Kier molecular flexibility index (Phi) is 8.13. The number of aromatic nitrogens is 1. The Bertz CT molecular complexity index is 1060. The van der Waals surface area contributed by atoms with Gasteiger partial charge >= 0.3 is 6.18 Å². The molecule has 12 heteroatoms. The lowest BCUT2D eigenvalue weighted by Crippen LogP contribution is -2.35. The molecule has 1 saturated heterocycles. The molecule has 34 heavy (non-hydrogen) atoms. The number of nitrogens with one attached hydrogen (secondary N) is 2. The van der Waals surface area contributed by atoms with Crippen LogP contribution in [0.25, 0.3) is 0 Å². The maximum absolute atomic E-state index is 14.2. The SMILES string of the molecule is CC1CCN(c2nc(C(F)(F)F)ccc2CNC(=O)C(C)c2ccc(NS(=O)O)c(F)c2)CC1. The van der Waals surface area contributed by atoms with E-state index in [1.807, 2.05) is 9.62 Å². The summed E-state index contributed by atoms with van der Waals surface area (Å²) in [6.07, 6.45) is -2.91. The van der Waals surface area contributed by atoms with Crippen molar-refractivity contribution in [2.75, 3.05) is 22.7 Å². The van der Waals surface area contributed by atoms with Crippen LogP contribution >= 0.6 is 0 Å². The third kappa shape index (κ3) is 6.44. The average molecular weight is 503 g/mol. The number of alkyl halides is 3. The second-order valence-electron chi connectivity index (χ2n) is 8.38. The van der Waals surface area contributed by atoms with E-state index in [2.05, 4.69) is 17.2 Å². The number of hydrogen-bond acceptors (Lipinski definition) is 4. The van der Waals surface area contributed by atoms with E-state index < -0.39 is 40.8 Å². The van der Waals surface area contributed by atoms with Gasteiger partial charge in [-0.15, -0.1) is 0 Å². The Morgan fingerprint density at radius 1 is 1.26 bits per heavy atom. The van der Waals surface area contributed by atoms with Crippen LogP contribution in [0.2, 0.25) is 0 Å². The van der Waals surface area contributed by atoms with E-state index >= 15 is 0 Å². The highest BCUT2D eigenvalue weighted by Crippen LogP contribution is 2.32. The summed E-state index contributed by atoms with van der Waals surface area (Å²) < 4.78 is 75.6. The summed E-state index contributed by atoms with van der Waals surface area (Å²) in [5, 5.41) is 2.70. The summed E-state index contributed by atoms with van der Waals surface area (Å²) in [5.41, 5.74) is -0.384. The van der Waals surface area contributed by atoms with E-state index in [1.54, 1.807) is 6.92 Å². The van der Waals surface area contributed by atoms with Crippen LogP contribution in [0, 0.1) is 11.7 Å². The van der Waals surface area contributed by atoms with Gasteiger partial charge in [0.2, 0.25) is 5.91 Å². The van der Waals surface area contributed by atoms with Crippen LogP contribution in [0.5, 0.6) is 0 Å². The van der Waals surface area contributed by atoms with Crippen LogP contribution < -0.4 is 14.9 Å². The lowest BCUT2D eigenvalue weighted by atomic mass is 9.98. The summed E-state index contributed by atoms with van der Waals surface area (Å²) >= 11 is -2.44. The normalized spacial score (nSPS) is 16.7. The zero-order valence-corrected chi connectivity index (χ0v) is 19.5. The van der Waals surface area contributed by atoms with E-state index in [0.29, 0.717) is 30.1 Å². The van der Waals surface area contributed by atoms with Crippen LogP contribution in [-0.4, -0.2) is 32.7 Å². The predicted molar refractivity (Wildman–Crippen MR) is 121 cm³/mol. The van der Waals surface area contributed by atoms with Gasteiger partial charge in [0.05, 0.1) is 11.6 Å². The smallest absolute Gasteiger partial charge is 0.356 e. The minimum atomic E-state index is -4.58. The molecule has 3 rings (SSSR count). The number of carbonyl (C=O) groups is 1. The first-order chi connectivity index (χ1) is 16.0. The van der Waals surface area contributed by atoms with E-state index in [4.69, 9.17) is 4.55 Å². The van der Waals surface area contributed by atoms with Crippen LogP contribution in [0.4, 0.5) is 29.1 Å². The Morgan fingerprint density at radius 2 is 1.94 bits per heavy atom. The zero-order valence-electron chi connectivity index (χ0n) is 18.7. The van der Waals surface area contributed by atoms with Crippen molar-refractivity contribution in [3.05, 3.63) is 53.0 Å². The van der Waals surface area contributed by atoms with Crippen molar-refractivity contribution in [2.45, 2.75) is 45.3 Å². The standard InChI is InChI=1S/C22H26F4N4O3S/c1-13-7-9-30(10-8-13)20-16(4-6-19(28-20)22(24,25)26)12-27-21(31)14(2)15-3-5-18(17(23)11-15)29-34(32)33/h3-6,11,13-14,29H,7-10,12H2,1-2H3,(H,27,31)(H,32,33). The molecule has 1 aliphatic rings. The summed E-state index contributed by atoms with van der Waals surface area (Å²) in [4.78, 5) is 18.4. The summed E-state index contributed by atoms with van der Waals surface area (Å²) in [6.45, 7) is 4.75. The van der Waals surface area contributed by atoms with Crippen molar-refractivity contribution >= 4 is 28.7 Å². The maximum Gasteiger partial charge on any atom is 0.433 e. The molecule has 0 saturated carbocycles. The molecule has 2 unspecified atom stereocenters. The van der Waals surface area contributed by atoms with Gasteiger partial charge in [-0.3, -0.25) is 14.1 Å². The van der Waals surface area contributed by atoms with Gasteiger partial charge in [0.15, 0.2) is 0 Å². The Balaban J connectivity index is 1.75. The third-order valence-corrected chi connectivity index (χ3v) is 6.26. The second kappa shape index (κ2) is 10.7. The first-order valence-corrected chi connectivity index (χ1v) is 11.8. The number of piperidine rings is 1. The second-order valence-corrected chi connectivity index (χ2v) is 9.08. The molecular weight excluding hydrogens is 476 g/mol. The fourth-order valence-electron chi connectivity index (χ4n) is 3.73. The maximum atomic E-state index is 14.2. The topological polar surface area (TPSA) is 94.6 Å². The van der Waals surface area contributed by atoms with Crippen molar-refractivity contribution in [1.29, 1.82) is 0 Å². The minimum absolute atomic E-state index is 0.0404. The molecule has 0 radical (unpaired) electrons. The van der Waals surface area contributed by atoms with Crippen LogP contribution in [0.1, 0.15) is 49.4 Å². The molecule has 3 N–H and O–H groups in total. The monoisotopic (exact) mass is 502 g/mol. The van der Waals surface area contributed by atoms with Gasteiger partial charge in [-0.05, 0) is 49.4 Å². The van der Waals surface area contributed by atoms with Gasteiger partial charge in [0.25, 0.3) is 11.3 Å². The number of benzene rings is 1. The molecule has 1 aromatic heterocycles. The quantitative estimate of drug-likeness (QED) is 0.384. The molecule has 0 spiro atoms. The van der Waals surface area contributed by atoms with Crippen molar-refractivity contribution in [2.24, 2.45) is 5.92 Å². The van der Waals surface area contributed by atoms with Crippen LogP contribution in [0.3, 0.4) is 0 Å². The predicted octanol–water partition coefficient (Wildman–Crippen LogP) is 4.44. The average Bonchev–Trinajstić information content (AvgIpc) is 2.78. The van der Waals surface area contributed by atoms with Gasteiger partial charge in [-0.2, -0.15) is 13.2 Å². The van der Waals surface area contributed by atoms with Crippen LogP contribution in [-0.2, 0) is 28.8 Å². The number of rotatable bonds is 7. The fourth-order valence-corrected chi connectivity index (χ4v) is 4.09. The number of carbonyl (C=O) groups excluding carboxylic acids is 1. The highest BCUT2D eigenvalue weighted by atomic mass is 32.2. The molecule has 1 amide bonds. The largest absolute Gasteiger partial charge is 0.433 e. The number of anilines is 2. The number of pyridine rings is 1. The van der Waals surface area contributed by atoms with Crippen molar-refractivity contribution in [3.8, 4) is 0 Å². The first-order valence-electron chi connectivity index (χ1n) is 10.7. The summed E-state index contributed by atoms with van der Waals surface area (Å²) in [7, 11) is 0. The molecule has 2 heterocycles. The molecule has 2 aromatic rings. The summed E-state index contributed by atoms with van der Waals surface area (Å²) in [5.74, 6) is -1.35. The Hall–Kier alpha value is -2.73. The highest BCUT2D eigenvalue weighted by Gasteiger charge is 2.34. The summed E-state index contributed by atoms with van der Waals surface area (Å²) in [6, 6.07) is 6.00. The highest BCUT2D eigenvalue weighted by molar-refractivity contribution is 7.80. The lowest BCUT2D eigenvalue weighted by Gasteiger charge is -2.33. The number of halogens is 4. The van der Waals surface area contributed by atoms with E-state index in [-0.39, 0.29) is 18.1 Å². The third-order valence-electron chi connectivity index (χ3n) is 5.87. The molecular formula is C22H26F4N4O3S. The zero-order chi connectivity index (χ0) is 25.0. The molecule has 186 valence electrons. The van der Waals surface area contributed by atoms with E-state index in [0.717, 1.165) is 25.0 Å². The first kappa shape index (κ1) is 25.9. The van der Waals surface area contributed by atoms with E-state index in [9.17, 15) is 26.6 Å². The molecule has 0 aliphatic carbocycles. The van der Waals surface area contributed by atoms with E-state index in [1.165, 1.54) is 18.2 Å². The van der Waals surface area contributed by atoms with Gasteiger partial charge in [-0.1, -0.05) is 19.1 Å².